The van der Waals surface area contributed by atoms with E-state index in [-0.39, 0.29) is 11.0 Å². The van der Waals surface area contributed by atoms with Crippen LogP contribution in [0.15, 0.2) is 48.5 Å². The first-order valence-electron chi connectivity index (χ1n) is 8.71. The average Bonchev–Trinajstić information content (AvgIpc) is 3.05. The summed E-state index contributed by atoms with van der Waals surface area (Å²) in [4.78, 5) is 26.1. The molecular weight excluding hydrogens is 365 g/mol. The molecule has 27 heavy (non-hydrogen) atoms. The van der Waals surface area contributed by atoms with E-state index < -0.39 is 29.1 Å². The summed E-state index contributed by atoms with van der Waals surface area (Å²) in [5.74, 6) is -1.76. The highest BCUT2D eigenvalue weighted by Crippen LogP contribution is 2.42. The van der Waals surface area contributed by atoms with Crippen LogP contribution in [-0.4, -0.2) is 33.7 Å². The quantitative estimate of drug-likeness (QED) is 0.845. The molecule has 0 saturated carbocycles. The van der Waals surface area contributed by atoms with Crippen LogP contribution in [0.1, 0.15) is 47.6 Å². The van der Waals surface area contributed by atoms with Crippen molar-refractivity contribution in [2.75, 3.05) is 5.75 Å². The topological polar surface area (TPSA) is 57.6 Å². The fraction of sp³-hybridized carbons (Fsp3) is 0.333. The zero-order valence-electron chi connectivity index (χ0n) is 15.5. The predicted molar refractivity (Wildman–Crippen MR) is 104 cm³/mol. The molecule has 0 radical (unpaired) electrons. The number of hydrogen-bond acceptors (Lipinski definition) is 3. The zero-order chi connectivity index (χ0) is 19.8. The van der Waals surface area contributed by atoms with Gasteiger partial charge in [0.1, 0.15) is 17.2 Å². The van der Waals surface area contributed by atoms with E-state index in [4.69, 9.17) is 0 Å². The number of carboxylic acids is 1. The van der Waals surface area contributed by atoms with Gasteiger partial charge in [-0.15, -0.1) is 11.8 Å². The Morgan fingerprint density at radius 3 is 2.37 bits per heavy atom. The third-order valence-electron chi connectivity index (χ3n) is 4.65. The van der Waals surface area contributed by atoms with Crippen molar-refractivity contribution in [1.29, 1.82) is 0 Å². The summed E-state index contributed by atoms with van der Waals surface area (Å²) in [6.45, 7) is 6.35. The molecule has 2 unspecified atom stereocenters. The van der Waals surface area contributed by atoms with Crippen LogP contribution in [0.25, 0.3) is 0 Å². The molecule has 1 aliphatic heterocycles. The number of aliphatic carboxylic acids is 1. The summed E-state index contributed by atoms with van der Waals surface area (Å²) >= 11 is 1.41. The van der Waals surface area contributed by atoms with Crippen molar-refractivity contribution in [3.63, 3.8) is 0 Å². The molecule has 3 rings (SSSR count). The van der Waals surface area contributed by atoms with E-state index >= 15 is 0 Å². The molecule has 1 heterocycles. The highest BCUT2D eigenvalue weighted by Gasteiger charge is 2.42. The Kier molecular flexibility index (Phi) is 5.29. The molecule has 0 bridgehead atoms. The van der Waals surface area contributed by atoms with E-state index in [2.05, 4.69) is 20.8 Å². The maximum Gasteiger partial charge on any atom is 0.327 e. The van der Waals surface area contributed by atoms with Crippen molar-refractivity contribution in [3.05, 3.63) is 71.0 Å². The highest BCUT2D eigenvalue weighted by atomic mass is 32.2. The second-order valence-corrected chi connectivity index (χ2v) is 8.75. The monoisotopic (exact) mass is 387 g/mol. The molecule has 142 valence electrons. The molecule has 1 amide bonds. The van der Waals surface area contributed by atoms with Gasteiger partial charge in [0.05, 0.1) is 0 Å². The Morgan fingerprint density at radius 1 is 1.15 bits per heavy atom. The zero-order valence-corrected chi connectivity index (χ0v) is 16.3. The van der Waals surface area contributed by atoms with Gasteiger partial charge in [-0.2, -0.15) is 0 Å². The Bertz CT molecular complexity index is 860. The van der Waals surface area contributed by atoms with E-state index in [1.165, 1.54) is 34.9 Å². The highest BCUT2D eigenvalue weighted by molar-refractivity contribution is 7.99. The smallest absolute Gasteiger partial charge is 0.327 e. The summed E-state index contributed by atoms with van der Waals surface area (Å²) in [5.41, 5.74) is 2.18. The molecule has 1 aliphatic rings. The van der Waals surface area contributed by atoms with Crippen LogP contribution in [-0.2, 0) is 10.2 Å². The second-order valence-electron chi connectivity index (χ2n) is 7.63. The molecule has 2 aromatic rings. The van der Waals surface area contributed by atoms with Crippen molar-refractivity contribution in [1.82, 2.24) is 4.90 Å². The van der Waals surface area contributed by atoms with Crippen molar-refractivity contribution in [2.24, 2.45) is 0 Å². The van der Waals surface area contributed by atoms with Gasteiger partial charge in [-0.05, 0) is 34.7 Å². The first kappa shape index (κ1) is 19.4. The Morgan fingerprint density at radius 2 is 1.81 bits per heavy atom. The summed E-state index contributed by atoms with van der Waals surface area (Å²) in [5, 5.41) is 9.15. The van der Waals surface area contributed by atoms with Crippen molar-refractivity contribution >= 4 is 23.6 Å². The number of benzene rings is 2. The minimum Gasteiger partial charge on any atom is -0.480 e. The van der Waals surface area contributed by atoms with Crippen LogP contribution < -0.4 is 0 Å². The van der Waals surface area contributed by atoms with Crippen molar-refractivity contribution in [2.45, 2.75) is 37.6 Å². The number of carbonyl (C=O) groups excluding carboxylic acids is 1. The van der Waals surface area contributed by atoms with E-state index in [0.29, 0.717) is 5.75 Å². The third kappa shape index (κ3) is 4.00. The van der Waals surface area contributed by atoms with Gasteiger partial charge in [-0.25, -0.2) is 9.18 Å². The molecule has 1 N–H and O–H groups in total. The first-order valence-corrected chi connectivity index (χ1v) is 9.76. The van der Waals surface area contributed by atoms with Crippen LogP contribution in [0.2, 0.25) is 0 Å². The maximum atomic E-state index is 13.6. The van der Waals surface area contributed by atoms with Gasteiger partial charge in [0.15, 0.2) is 0 Å². The number of amides is 1. The minimum atomic E-state index is -1.05. The van der Waals surface area contributed by atoms with Crippen LogP contribution >= 0.6 is 11.8 Å². The largest absolute Gasteiger partial charge is 0.480 e. The fourth-order valence-corrected chi connectivity index (χ4v) is 4.54. The average molecular weight is 387 g/mol. The van der Waals surface area contributed by atoms with E-state index in [9.17, 15) is 19.1 Å². The lowest BCUT2D eigenvalue weighted by Gasteiger charge is -2.28. The molecule has 2 aromatic carbocycles. The van der Waals surface area contributed by atoms with Crippen LogP contribution in [0.5, 0.6) is 0 Å². The van der Waals surface area contributed by atoms with Gasteiger partial charge < -0.3 is 10.0 Å². The number of carboxylic acid groups (broad SMARTS) is 1. The van der Waals surface area contributed by atoms with Crippen LogP contribution in [0.3, 0.4) is 0 Å². The van der Waals surface area contributed by atoms with Gasteiger partial charge in [0.25, 0.3) is 5.91 Å². The Balaban J connectivity index is 1.96. The molecular formula is C21H22FNO3S. The summed E-state index contributed by atoms with van der Waals surface area (Å²) in [6, 6.07) is 12.3. The molecule has 0 aliphatic carbocycles. The second kappa shape index (κ2) is 7.35. The molecule has 6 heteroatoms. The molecule has 1 saturated heterocycles. The van der Waals surface area contributed by atoms with E-state index in [1.807, 2.05) is 24.3 Å². The number of halogens is 1. The number of rotatable bonds is 3. The molecule has 0 aromatic heterocycles. The first-order chi connectivity index (χ1) is 12.7. The van der Waals surface area contributed by atoms with Crippen LogP contribution in [0, 0.1) is 5.82 Å². The summed E-state index contributed by atoms with van der Waals surface area (Å²) in [6.07, 6.45) is 0. The molecule has 0 spiro atoms. The number of thioether (sulfide) groups is 1. The maximum absolute atomic E-state index is 13.6. The molecule has 4 nitrogen and oxygen atoms in total. The normalized spacial score (nSPS) is 19.9. The van der Waals surface area contributed by atoms with E-state index in [0.717, 1.165) is 17.2 Å². The third-order valence-corrected chi connectivity index (χ3v) is 5.98. The van der Waals surface area contributed by atoms with Gasteiger partial charge in [0.2, 0.25) is 0 Å². The lowest BCUT2D eigenvalue weighted by Crippen LogP contribution is -2.43. The number of carbonyl (C=O) groups is 2. The number of nitrogens with zero attached hydrogens (tertiary/aromatic N) is 1. The van der Waals surface area contributed by atoms with E-state index in [1.54, 1.807) is 0 Å². The fourth-order valence-electron chi connectivity index (χ4n) is 3.12. The Hall–Kier alpha value is -2.34. The predicted octanol–water partition coefficient (Wildman–Crippen LogP) is 4.46. The van der Waals surface area contributed by atoms with Crippen LogP contribution in [0.4, 0.5) is 4.39 Å². The van der Waals surface area contributed by atoms with Crippen molar-refractivity contribution in [3.8, 4) is 0 Å². The molecule has 2 atom stereocenters. The van der Waals surface area contributed by atoms with Gasteiger partial charge >= 0.3 is 5.97 Å². The number of hydrogen-bond donors (Lipinski definition) is 1. The van der Waals surface area contributed by atoms with Crippen molar-refractivity contribution < 1.29 is 19.1 Å². The Labute approximate surface area is 162 Å². The standard InChI is InChI=1S/C21H22FNO3S/c1-21(2,3)15-9-7-13(8-10-15)19-23(17(12-27-19)20(25)26)18(24)14-5-4-6-16(22)11-14/h4-11,17,19H,12H2,1-3H3,(H,25,26). The lowest BCUT2D eigenvalue weighted by atomic mass is 9.86. The van der Waals surface area contributed by atoms with Gasteiger partial charge in [0, 0.05) is 11.3 Å². The van der Waals surface area contributed by atoms with Gasteiger partial charge in [-0.3, -0.25) is 4.79 Å². The molecule has 1 fully saturated rings. The minimum absolute atomic E-state index is 0.00200. The summed E-state index contributed by atoms with van der Waals surface area (Å²) < 4.78 is 13.6. The van der Waals surface area contributed by atoms with Gasteiger partial charge in [-0.1, -0.05) is 51.1 Å². The SMILES string of the molecule is CC(C)(C)c1ccc(C2SCC(C(=O)O)N2C(=O)c2cccc(F)c2)cc1. The summed E-state index contributed by atoms with van der Waals surface area (Å²) in [7, 11) is 0. The lowest BCUT2D eigenvalue weighted by molar-refractivity contribution is -0.141.